The summed E-state index contributed by atoms with van der Waals surface area (Å²) in [6.45, 7) is 4.28. The van der Waals surface area contributed by atoms with Crippen LogP contribution in [-0.2, 0) is 5.33 Å². The van der Waals surface area contributed by atoms with Crippen LogP contribution in [0.4, 0.5) is 0 Å². The first-order valence-electron chi connectivity index (χ1n) is 5.45. The van der Waals surface area contributed by atoms with Crippen LogP contribution in [0.15, 0.2) is 16.9 Å². The zero-order chi connectivity index (χ0) is 11.0. The quantitative estimate of drug-likeness (QED) is 0.773. The predicted octanol–water partition coefficient (Wildman–Crippen LogP) is 3.20. The molecule has 82 valence electrons. The first-order valence-corrected chi connectivity index (χ1v) is 6.57. The van der Waals surface area contributed by atoms with Crippen molar-refractivity contribution >= 4 is 15.9 Å². The number of pyridine rings is 1. The molecule has 1 aliphatic rings. The highest BCUT2D eigenvalue weighted by Gasteiger charge is 2.27. The molecule has 0 spiro atoms. The second kappa shape index (κ2) is 4.12. The third-order valence-electron chi connectivity index (χ3n) is 2.87. The summed E-state index contributed by atoms with van der Waals surface area (Å²) in [5.74, 6) is 0.419. The first-order chi connectivity index (χ1) is 7.15. The number of hydrogen-bond acceptors (Lipinski definition) is 1. The van der Waals surface area contributed by atoms with E-state index in [2.05, 4.69) is 35.8 Å². The molecule has 1 aromatic heterocycles. The normalized spacial score (nSPS) is 16.0. The lowest BCUT2D eigenvalue weighted by Gasteiger charge is -2.15. The van der Waals surface area contributed by atoms with E-state index in [1.54, 1.807) is 0 Å². The molecule has 0 radical (unpaired) electrons. The molecule has 1 aromatic rings. The molecule has 1 aliphatic carbocycles. The summed E-state index contributed by atoms with van der Waals surface area (Å²) >= 11 is 3.36. The Hall–Kier alpha value is -0.570. The minimum Gasteiger partial charge on any atom is -0.309 e. The van der Waals surface area contributed by atoms with E-state index < -0.39 is 0 Å². The number of rotatable bonds is 3. The van der Waals surface area contributed by atoms with Crippen molar-refractivity contribution in [1.29, 1.82) is 0 Å². The SMILES string of the molecule is CC(C)c1ccc(CBr)c(=O)n1C1CC1. The second-order valence-corrected chi connectivity index (χ2v) is 5.04. The van der Waals surface area contributed by atoms with Gasteiger partial charge in [0, 0.05) is 22.6 Å². The van der Waals surface area contributed by atoms with Gasteiger partial charge in [-0.2, -0.15) is 0 Å². The van der Waals surface area contributed by atoms with E-state index in [9.17, 15) is 4.79 Å². The number of aromatic nitrogens is 1. The molecule has 2 nitrogen and oxygen atoms in total. The Kier molecular flexibility index (Phi) is 3.01. The Morgan fingerprint density at radius 2 is 2.13 bits per heavy atom. The Morgan fingerprint density at radius 3 is 2.60 bits per heavy atom. The molecule has 1 fully saturated rings. The smallest absolute Gasteiger partial charge is 0.255 e. The largest absolute Gasteiger partial charge is 0.309 e. The number of halogens is 1. The Balaban J connectivity index is 2.57. The van der Waals surface area contributed by atoms with Gasteiger partial charge in [-0.25, -0.2) is 0 Å². The van der Waals surface area contributed by atoms with Gasteiger partial charge in [0.1, 0.15) is 0 Å². The fourth-order valence-electron chi connectivity index (χ4n) is 1.89. The molecule has 0 atom stereocenters. The molecule has 2 rings (SSSR count). The van der Waals surface area contributed by atoms with Gasteiger partial charge < -0.3 is 4.57 Å². The molecule has 0 aromatic carbocycles. The van der Waals surface area contributed by atoms with Crippen LogP contribution in [0, 0.1) is 0 Å². The van der Waals surface area contributed by atoms with Crippen LogP contribution in [0.5, 0.6) is 0 Å². The van der Waals surface area contributed by atoms with Gasteiger partial charge in [0.15, 0.2) is 0 Å². The molecule has 0 aliphatic heterocycles. The van der Waals surface area contributed by atoms with E-state index in [4.69, 9.17) is 0 Å². The standard InChI is InChI=1S/C12H16BrNO/c1-8(2)11-6-3-9(7-13)12(15)14(11)10-4-5-10/h3,6,8,10H,4-5,7H2,1-2H3. The second-order valence-electron chi connectivity index (χ2n) is 4.48. The average Bonchev–Trinajstić information content (AvgIpc) is 3.00. The molecule has 15 heavy (non-hydrogen) atoms. The lowest BCUT2D eigenvalue weighted by molar-refractivity contribution is 0.622. The van der Waals surface area contributed by atoms with Crippen LogP contribution in [0.2, 0.25) is 0 Å². The summed E-state index contributed by atoms with van der Waals surface area (Å²) in [5, 5.41) is 0.650. The van der Waals surface area contributed by atoms with Crippen LogP contribution < -0.4 is 5.56 Å². The number of alkyl halides is 1. The summed E-state index contributed by atoms with van der Waals surface area (Å²) in [7, 11) is 0. The minimum absolute atomic E-state index is 0.195. The van der Waals surface area contributed by atoms with Crippen molar-refractivity contribution in [2.45, 2.75) is 44.0 Å². The minimum atomic E-state index is 0.195. The molecule has 0 N–H and O–H groups in total. The molecule has 1 heterocycles. The molecule has 0 saturated heterocycles. The third-order valence-corrected chi connectivity index (χ3v) is 3.48. The van der Waals surface area contributed by atoms with Crippen molar-refractivity contribution < 1.29 is 0 Å². The summed E-state index contributed by atoms with van der Waals surface area (Å²) < 4.78 is 2.00. The lowest BCUT2D eigenvalue weighted by atomic mass is 10.1. The highest BCUT2D eigenvalue weighted by atomic mass is 79.9. The summed E-state index contributed by atoms with van der Waals surface area (Å²) in [4.78, 5) is 12.1. The van der Waals surface area contributed by atoms with Gasteiger partial charge in [0.25, 0.3) is 5.56 Å². The van der Waals surface area contributed by atoms with Crippen molar-refractivity contribution in [3.05, 3.63) is 33.7 Å². The van der Waals surface area contributed by atoms with Gasteiger partial charge in [-0.1, -0.05) is 35.8 Å². The summed E-state index contributed by atoms with van der Waals surface area (Å²) in [6, 6.07) is 4.51. The average molecular weight is 270 g/mol. The maximum Gasteiger partial charge on any atom is 0.255 e. The predicted molar refractivity (Wildman–Crippen MR) is 65.7 cm³/mol. The van der Waals surface area contributed by atoms with E-state index in [-0.39, 0.29) is 5.56 Å². The molecular formula is C12H16BrNO. The van der Waals surface area contributed by atoms with E-state index in [1.165, 1.54) is 5.69 Å². The molecule has 3 heteroatoms. The zero-order valence-electron chi connectivity index (χ0n) is 9.16. The lowest BCUT2D eigenvalue weighted by Crippen LogP contribution is -2.25. The Labute approximate surface area is 98.4 Å². The Bertz CT molecular complexity index is 418. The van der Waals surface area contributed by atoms with Crippen molar-refractivity contribution in [2.75, 3.05) is 0 Å². The van der Waals surface area contributed by atoms with Crippen LogP contribution in [-0.4, -0.2) is 4.57 Å². The maximum absolute atomic E-state index is 12.1. The van der Waals surface area contributed by atoms with Crippen molar-refractivity contribution in [3.8, 4) is 0 Å². The summed E-state index contributed by atoms with van der Waals surface area (Å²) in [6.07, 6.45) is 2.32. The van der Waals surface area contributed by atoms with Crippen molar-refractivity contribution in [1.82, 2.24) is 4.57 Å². The van der Waals surface area contributed by atoms with Gasteiger partial charge in [0.2, 0.25) is 0 Å². The molecule has 0 bridgehead atoms. The fourth-order valence-corrected chi connectivity index (χ4v) is 2.32. The summed E-state index contributed by atoms with van der Waals surface area (Å²) in [5.41, 5.74) is 2.24. The van der Waals surface area contributed by atoms with E-state index >= 15 is 0 Å². The van der Waals surface area contributed by atoms with Crippen LogP contribution >= 0.6 is 15.9 Å². The van der Waals surface area contributed by atoms with Crippen LogP contribution in [0.1, 0.15) is 49.9 Å². The molecule has 0 amide bonds. The van der Waals surface area contributed by atoms with Gasteiger partial charge >= 0.3 is 0 Å². The zero-order valence-corrected chi connectivity index (χ0v) is 10.8. The van der Waals surface area contributed by atoms with Gasteiger partial charge in [0.05, 0.1) is 0 Å². The molecular weight excluding hydrogens is 254 g/mol. The van der Waals surface area contributed by atoms with Crippen LogP contribution in [0.25, 0.3) is 0 Å². The van der Waals surface area contributed by atoms with E-state index in [1.807, 2.05) is 10.6 Å². The fraction of sp³-hybridized carbons (Fsp3) is 0.583. The molecule has 0 unspecified atom stereocenters. The van der Waals surface area contributed by atoms with E-state index in [0.717, 1.165) is 18.4 Å². The van der Waals surface area contributed by atoms with Gasteiger partial charge in [-0.15, -0.1) is 0 Å². The van der Waals surface area contributed by atoms with Gasteiger partial charge in [-0.05, 0) is 24.8 Å². The van der Waals surface area contributed by atoms with Gasteiger partial charge in [-0.3, -0.25) is 4.79 Å². The topological polar surface area (TPSA) is 22.0 Å². The monoisotopic (exact) mass is 269 g/mol. The first kappa shape index (κ1) is 10.9. The number of hydrogen-bond donors (Lipinski definition) is 0. The van der Waals surface area contributed by atoms with Crippen molar-refractivity contribution in [2.24, 2.45) is 0 Å². The number of nitrogens with zero attached hydrogens (tertiary/aromatic N) is 1. The van der Waals surface area contributed by atoms with Crippen LogP contribution in [0.3, 0.4) is 0 Å². The van der Waals surface area contributed by atoms with Crippen molar-refractivity contribution in [3.63, 3.8) is 0 Å². The highest BCUT2D eigenvalue weighted by molar-refractivity contribution is 9.08. The Morgan fingerprint density at radius 1 is 1.47 bits per heavy atom. The highest BCUT2D eigenvalue weighted by Crippen LogP contribution is 2.36. The third kappa shape index (κ3) is 2.03. The maximum atomic E-state index is 12.1. The molecule has 1 saturated carbocycles. The van der Waals surface area contributed by atoms with E-state index in [0.29, 0.717) is 17.3 Å².